The molecule has 1 heterocycles. The van der Waals surface area contributed by atoms with Crippen LogP contribution in [0, 0.1) is 13.8 Å². The van der Waals surface area contributed by atoms with E-state index >= 15 is 0 Å². The van der Waals surface area contributed by atoms with Gasteiger partial charge < -0.3 is 17.1 Å². The number of ether oxygens (including phenoxy) is 1. The molecule has 0 aliphatic carbocycles. The minimum atomic E-state index is 0. The van der Waals surface area contributed by atoms with Gasteiger partial charge in [-0.1, -0.05) is 18.2 Å². The molecule has 0 atom stereocenters. The Kier molecular flexibility index (Phi) is 5.72. The molecule has 0 fully saturated rings. The second kappa shape index (κ2) is 7.07. The maximum Gasteiger partial charge on any atom is 0.119 e. The number of hydrogen-bond acceptors (Lipinski definition) is 2. The Morgan fingerprint density at radius 2 is 1.89 bits per heavy atom. The van der Waals surface area contributed by atoms with E-state index in [2.05, 4.69) is 17.1 Å². The smallest absolute Gasteiger partial charge is 0.119 e. The first-order valence-corrected chi connectivity index (χ1v) is 5.95. The SMILES string of the molecule is Cc1n[nH]c(C)c1CCCOc1ccccc1.[Cl-]. The number of aromatic nitrogens is 2. The molecule has 4 heteroatoms. The summed E-state index contributed by atoms with van der Waals surface area (Å²) in [6.07, 6.45) is 2.02. The number of para-hydroxylation sites is 1. The van der Waals surface area contributed by atoms with Crippen LogP contribution in [-0.2, 0) is 6.42 Å². The number of rotatable bonds is 5. The van der Waals surface area contributed by atoms with Crippen molar-refractivity contribution in [2.45, 2.75) is 26.7 Å². The zero-order chi connectivity index (χ0) is 12.1. The van der Waals surface area contributed by atoms with Crippen LogP contribution >= 0.6 is 0 Å². The Balaban J connectivity index is 0.00000162. The van der Waals surface area contributed by atoms with Gasteiger partial charge in [0.25, 0.3) is 0 Å². The van der Waals surface area contributed by atoms with E-state index in [-0.39, 0.29) is 12.4 Å². The van der Waals surface area contributed by atoms with Crippen molar-refractivity contribution in [1.29, 1.82) is 0 Å². The lowest BCUT2D eigenvalue weighted by molar-refractivity contribution is -0.00000423. The lowest BCUT2D eigenvalue weighted by atomic mass is 10.1. The molecule has 3 nitrogen and oxygen atoms in total. The highest BCUT2D eigenvalue weighted by atomic mass is 35.5. The third kappa shape index (κ3) is 3.77. The van der Waals surface area contributed by atoms with Gasteiger partial charge in [-0.15, -0.1) is 0 Å². The van der Waals surface area contributed by atoms with E-state index in [1.165, 1.54) is 11.3 Å². The lowest BCUT2D eigenvalue weighted by Crippen LogP contribution is -3.00. The molecular formula is C14H18ClN2O-. The summed E-state index contributed by atoms with van der Waals surface area (Å²) in [6, 6.07) is 9.92. The van der Waals surface area contributed by atoms with Gasteiger partial charge in [0.2, 0.25) is 0 Å². The molecule has 98 valence electrons. The number of nitrogens with one attached hydrogen (secondary N) is 1. The van der Waals surface area contributed by atoms with E-state index < -0.39 is 0 Å². The van der Waals surface area contributed by atoms with Gasteiger partial charge >= 0.3 is 0 Å². The van der Waals surface area contributed by atoms with Crippen molar-refractivity contribution in [2.75, 3.05) is 6.61 Å². The number of aryl methyl sites for hydroxylation is 2. The van der Waals surface area contributed by atoms with Crippen molar-refractivity contribution in [3.05, 3.63) is 47.3 Å². The third-order valence-electron chi connectivity index (χ3n) is 2.86. The summed E-state index contributed by atoms with van der Waals surface area (Å²) in [5.74, 6) is 0.938. The molecule has 18 heavy (non-hydrogen) atoms. The van der Waals surface area contributed by atoms with Crippen LogP contribution in [-0.4, -0.2) is 16.8 Å². The maximum atomic E-state index is 5.65. The predicted molar refractivity (Wildman–Crippen MR) is 68.3 cm³/mol. The summed E-state index contributed by atoms with van der Waals surface area (Å²) in [6.45, 7) is 4.85. The number of H-pyrrole nitrogens is 1. The summed E-state index contributed by atoms with van der Waals surface area (Å²) in [5, 5.41) is 7.19. The molecular weight excluding hydrogens is 248 g/mol. The van der Waals surface area contributed by atoms with Gasteiger partial charge in [0.05, 0.1) is 12.3 Å². The average molecular weight is 266 g/mol. The maximum absolute atomic E-state index is 5.65. The van der Waals surface area contributed by atoms with Gasteiger partial charge in [0.15, 0.2) is 0 Å². The van der Waals surface area contributed by atoms with E-state index in [1.54, 1.807) is 0 Å². The molecule has 1 N–H and O–H groups in total. The summed E-state index contributed by atoms with van der Waals surface area (Å²) >= 11 is 0. The molecule has 0 spiro atoms. The number of halogens is 1. The predicted octanol–water partition coefficient (Wildman–Crippen LogP) is 0.0421. The molecule has 2 aromatic rings. The zero-order valence-electron chi connectivity index (χ0n) is 10.7. The van der Waals surface area contributed by atoms with E-state index in [0.29, 0.717) is 0 Å². The minimum Gasteiger partial charge on any atom is -1.00 e. The number of aromatic amines is 1. The Hall–Kier alpha value is -1.48. The molecule has 2 rings (SSSR count). The topological polar surface area (TPSA) is 37.9 Å². The van der Waals surface area contributed by atoms with E-state index in [1.807, 2.05) is 37.3 Å². The Labute approximate surface area is 114 Å². The van der Waals surface area contributed by atoms with Gasteiger partial charge in [0.1, 0.15) is 5.75 Å². The molecule has 0 aliphatic rings. The van der Waals surface area contributed by atoms with Crippen molar-refractivity contribution in [3.63, 3.8) is 0 Å². The van der Waals surface area contributed by atoms with Gasteiger partial charge in [-0.3, -0.25) is 5.10 Å². The number of hydrogen-bond donors (Lipinski definition) is 1. The second-order valence-electron chi connectivity index (χ2n) is 4.18. The standard InChI is InChI=1S/C14H18N2O.ClH/c1-11-14(12(2)16-15-11)9-6-10-17-13-7-4-3-5-8-13;/h3-5,7-8H,6,9-10H2,1-2H3,(H,15,16);1H/p-1. The molecule has 0 saturated carbocycles. The van der Waals surface area contributed by atoms with Crippen molar-refractivity contribution in [3.8, 4) is 5.75 Å². The summed E-state index contributed by atoms with van der Waals surface area (Å²) in [7, 11) is 0. The molecule has 0 saturated heterocycles. The van der Waals surface area contributed by atoms with Gasteiger partial charge in [-0.05, 0) is 44.4 Å². The van der Waals surface area contributed by atoms with Crippen molar-refractivity contribution >= 4 is 0 Å². The molecule has 0 radical (unpaired) electrons. The fourth-order valence-electron chi connectivity index (χ4n) is 1.90. The average Bonchev–Trinajstić information content (AvgIpc) is 2.67. The third-order valence-corrected chi connectivity index (χ3v) is 2.86. The van der Waals surface area contributed by atoms with Crippen LogP contribution in [0.2, 0.25) is 0 Å². The number of nitrogens with zero attached hydrogens (tertiary/aromatic N) is 1. The first kappa shape index (κ1) is 14.6. The highest BCUT2D eigenvalue weighted by Gasteiger charge is 2.05. The van der Waals surface area contributed by atoms with Crippen LogP contribution in [0.1, 0.15) is 23.4 Å². The molecule has 0 unspecified atom stereocenters. The fraction of sp³-hybridized carbons (Fsp3) is 0.357. The van der Waals surface area contributed by atoms with Crippen molar-refractivity contribution in [1.82, 2.24) is 10.2 Å². The van der Waals surface area contributed by atoms with Crippen molar-refractivity contribution in [2.24, 2.45) is 0 Å². The van der Waals surface area contributed by atoms with Crippen LogP contribution in [0.3, 0.4) is 0 Å². The molecule has 1 aromatic heterocycles. The van der Waals surface area contributed by atoms with Gasteiger partial charge in [-0.2, -0.15) is 5.10 Å². The van der Waals surface area contributed by atoms with E-state index in [9.17, 15) is 0 Å². The number of benzene rings is 1. The Morgan fingerprint density at radius 1 is 1.17 bits per heavy atom. The molecule has 0 amide bonds. The largest absolute Gasteiger partial charge is 1.00 e. The Morgan fingerprint density at radius 3 is 2.50 bits per heavy atom. The van der Waals surface area contributed by atoms with Crippen LogP contribution in [0.25, 0.3) is 0 Å². The Bertz CT molecular complexity index is 448. The van der Waals surface area contributed by atoms with E-state index in [4.69, 9.17) is 4.74 Å². The summed E-state index contributed by atoms with van der Waals surface area (Å²) in [5.41, 5.74) is 3.59. The summed E-state index contributed by atoms with van der Waals surface area (Å²) < 4.78 is 5.65. The van der Waals surface area contributed by atoms with Crippen molar-refractivity contribution < 1.29 is 17.1 Å². The van der Waals surface area contributed by atoms with Gasteiger partial charge in [0, 0.05) is 5.69 Å². The fourth-order valence-corrected chi connectivity index (χ4v) is 1.90. The highest BCUT2D eigenvalue weighted by molar-refractivity contribution is 5.23. The minimum absolute atomic E-state index is 0. The van der Waals surface area contributed by atoms with Crippen LogP contribution in [0.4, 0.5) is 0 Å². The normalized spacial score (nSPS) is 9.89. The van der Waals surface area contributed by atoms with Gasteiger partial charge in [-0.25, -0.2) is 0 Å². The second-order valence-corrected chi connectivity index (χ2v) is 4.18. The lowest BCUT2D eigenvalue weighted by Gasteiger charge is -2.05. The van der Waals surface area contributed by atoms with Crippen LogP contribution < -0.4 is 17.1 Å². The van der Waals surface area contributed by atoms with Crippen LogP contribution in [0.15, 0.2) is 30.3 Å². The zero-order valence-corrected chi connectivity index (χ0v) is 11.5. The first-order valence-electron chi connectivity index (χ1n) is 5.95. The summed E-state index contributed by atoms with van der Waals surface area (Å²) in [4.78, 5) is 0. The quantitative estimate of drug-likeness (QED) is 0.776. The van der Waals surface area contributed by atoms with E-state index in [0.717, 1.165) is 30.9 Å². The highest BCUT2D eigenvalue weighted by Crippen LogP contribution is 2.13. The molecule has 1 aromatic carbocycles. The molecule has 0 bridgehead atoms. The molecule has 0 aliphatic heterocycles. The monoisotopic (exact) mass is 265 g/mol. The van der Waals surface area contributed by atoms with Crippen LogP contribution in [0.5, 0.6) is 5.75 Å². The first-order chi connectivity index (χ1) is 8.27.